The number of aromatic nitrogens is 2. The molecule has 1 aromatic heterocycles. The summed E-state index contributed by atoms with van der Waals surface area (Å²) < 4.78 is 24.3. The summed E-state index contributed by atoms with van der Waals surface area (Å²) in [6.07, 6.45) is 5.28. The van der Waals surface area contributed by atoms with Crippen LogP contribution >= 0.6 is 11.8 Å². The SMILES string of the molecule is C[C@H](Sc1nnc([C@H](C)Oc2ccc(F)cc2)o1)C(=O)N(C)C1CCCCC1. The van der Waals surface area contributed by atoms with Crippen LogP contribution in [-0.2, 0) is 4.79 Å². The molecule has 0 saturated heterocycles. The molecule has 1 amide bonds. The van der Waals surface area contributed by atoms with Gasteiger partial charge in [0.05, 0.1) is 5.25 Å². The van der Waals surface area contributed by atoms with E-state index in [4.69, 9.17) is 9.15 Å². The Hall–Kier alpha value is -2.09. The fourth-order valence-electron chi connectivity index (χ4n) is 3.34. The van der Waals surface area contributed by atoms with Gasteiger partial charge in [0.2, 0.25) is 5.91 Å². The summed E-state index contributed by atoms with van der Waals surface area (Å²) in [6, 6.07) is 6.06. The van der Waals surface area contributed by atoms with E-state index in [0.29, 0.717) is 22.9 Å². The molecule has 1 aliphatic rings. The van der Waals surface area contributed by atoms with Gasteiger partial charge in [-0.1, -0.05) is 31.0 Å². The second-order valence-electron chi connectivity index (χ2n) is 7.12. The van der Waals surface area contributed by atoms with Crippen LogP contribution in [-0.4, -0.2) is 39.3 Å². The van der Waals surface area contributed by atoms with Gasteiger partial charge in [-0.05, 0) is 51.0 Å². The molecule has 0 unspecified atom stereocenters. The highest BCUT2D eigenvalue weighted by Gasteiger charge is 2.27. The minimum Gasteiger partial charge on any atom is -0.481 e. The monoisotopic (exact) mass is 407 g/mol. The van der Waals surface area contributed by atoms with E-state index in [2.05, 4.69) is 10.2 Å². The Labute approximate surface area is 168 Å². The Morgan fingerprint density at radius 3 is 2.57 bits per heavy atom. The van der Waals surface area contributed by atoms with Gasteiger partial charge in [-0.25, -0.2) is 4.39 Å². The normalized spacial score (nSPS) is 17.1. The molecule has 6 nitrogen and oxygen atoms in total. The quantitative estimate of drug-likeness (QED) is 0.624. The number of rotatable bonds is 7. The molecule has 0 bridgehead atoms. The third-order valence-corrected chi connectivity index (χ3v) is 5.91. The van der Waals surface area contributed by atoms with Crippen LogP contribution < -0.4 is 4.74 Å². The van der Waals surface area contributed by atoms with E-state index >= 15 is 0 Å². The summed E-state index contributed by atoms with van der Waals surface area (Å²) in [4.78, 5) is 14.6. The van der Waals surface area contributed by atoms with Crippen LogP contribution in [0.3, 0.4) is 0 Å². The number of carbonyl (C=O) groups excluding carboxylic acids is 1. The zero-order chi connectivity index (χ0) is 20.1. The Bertz CT molecular complexity index is 777. The Kier molecular flexibility index (Phi) is 6.93. The minimum atomic E-state index is -0.483. The average molecular weight is 408 g/mol. The van der Waals surface area contributed by atoms with Gasteiger partial charge < -0.3 is 14.1 Å². The lowest BCUT2D eigenvalue weighted by molar-refractivity contribution is -0.131. The lowest BCUT2D eigenvalue weighted by Gasteiger charge is -2.32. The molecule has 152 valence electrons. The largest absolute Gasteiger partial charge is 0.481 e. The smallest absolute Gasteiger partial charge is 0.277 e. The molecular formula is C20H26FN3O3S. The highest BCUT2D eigenvalue weighted by Crippen LogP contribution is 2.29. The van der Waals surface area contributed by atoms with Gasteiger partial charge in [0.1, 0.15) is 11.6 Å². The predicted octanol–water partition coefficient (Wildman–Crippen LogP) is 4.62. The maximum atomic E-state index is 13.0. The van der Waals surface area contributed by atoms with Crippen LogP contribution in [0.5, 0.6) is 5.75 Å². The van der Waals surface area contributed by atoms with E-state index in [1.54, 1.807) is 19.1 Å². The van der Waals surface area contributed by atoms with Crippen molar-refractivity contribution < 1.29 is 18.3 Å². The number of hydrogen-bond donors (Lipinski definition) is 0. The van der Waals surface area contributed by atoms with Gasteiger partial charge in [-0.2, -0.15) is 0 Å². The van der Waals surface area contributed by atoms with Crippen LogP contribution in [0.25, 0.3) is 0 Å². The number of nitrogens with zero attached hydrogens (tertiary/aromatic N) is 3. The van der Waals surface area contributed by atoms with E-state index in [9.17, 15) is 9.18 Å². The van der Waals surface area contributed by atoms with Crippen LogP contribution in [0.2, 0.25) is 0 Å². The summed E-state index contributed by atoms with van der Waals surface area (Å²) in [7, 11) is 1.88. The molecule has 1 heterocycles. The van der Waals surface area contributed by atoms with Crippen molar-refractivity contribution in [1.29, 1.82) is 0 Å². The van der Waals surface area contributed by atoms with E-state index in [1.807, 2.05) is 18.9 Å². The van der Waals surface area contributed by atoms with Crippen molar-refractivity contribution >= 4 is 17.7 Å². The zero-order valence-electron chi connectivity index (χ0n) is 16.4. The van der Waals surface area contributed by atoms with Gasteiger partial charge in [0.15, 0.2) is 6.10 Å². The highest BCUT2D eigenvalue weighted by molar-refractivity contribution is 8.00. The molecule has 0 N–H and O–H groups in total. The first-order valence-corrected chi connectivity index (χ1v) is 10.5. The first-order chi connectivity index (χ1) is 13.4. The number of hydrogen-bond acceptors (Lipinski definition) is 6. The summed E-state index contributed by atoms with van der Waals surface area (Å²) >= 11 is 1.25. The lowest BCUT2D eigenvalue weighted by Crippen LogP contribution is -2.42. The molecule has 1 saturated carbocycles. The van der Waals surface area contributed by atoms with E-state index < -0.39 is 6.10 Å². The lowest BCUT2D eigenvalue weighted by atomic mass is 9.94. The molecule has 0 spiro atoms. The number of benzene rings is 1. The summed E-state index contributed by atoms with van der Waals surface area (Å²) in [6.45, 7) is 3.63. The first-order valence-electron chi connectivity index (χ1n) is 9.63. The van der Waals surface area contributed by atoms with Crippen molar-refractivity contribution in [1.82, 2.24) is 15.1 Å². The van der Waals surface area contributed by atoms with Crippen molar-refractivity contribution in [3.8, 4) is 5.75 Å². The van der Waals surface area contributed by atoms with E-state index in [-0.39, 0.29) is 17.0 Å². The summed E-state index contributed by atoms with van der Waals surface area (Å²) in [5.41, 5.74) is 0. The zero-order valence-corrected chi connectivity index (χ0v) is 17.2. The Balaban J connectivity index is 1.55. The second kappa shape index (κ2) is 9.41. The van der Waals surface area contributed by atoms with Crippen molar-refractivity contribution in [2.24, 2.45) is 0 Å². The van der Waals surface area contributed by atoms with Crippen molar-refractivity contribution in [3.05, 3.63) is 36.0 Å². The maximum absolute atomic E-state index is 13.0. The van der Waals surface area contributed by atoms with Crippen molar-refractivity contribution in [2.45, 2.75) is 68.6 Å². The molecule has 3 rings (SSSR count). The molecule has 1 fully saturated rings. The van der Waals surface area contributed by atoms with Gasteiger partial charge in [-0.3, -0.25) is 4.79 Å². The fraction of sp³-hybridized carbons (Fsp3) is 0.550. The van der Waals surface area contributed by atoms with Crippen LogP contribution in [0.15, 0.2) is 33.9 Å². The van der Waals surface area contributed by atoms with Gasteiger partial charge in [-0.15, -0.1) is 10.2 Å². The fourth-order valence-corrected chi connectivity index (χ4v) is 4.13. The van der Waals surface area contributed by atoms with Crippen LogP contribution in [0, 0.1) is 5.82 Å². The number of amides is 1. The minimum absolute atomic E-state index is 0.0762. The van der Waals surface area contributed by atoms with Gasteiger partial charge >= 0.3 is 0 Å². The van der Waals surface area contributed by atoms with Crippen molar-refractivity contribution in [2.75, 3.05) is 7.05 Å². The third kappa shape index (κ3) is 5.25. The van der Waals surface area contributed by atoms with Gasteiger partial charge in [0, 0.05) is 13.1 Å². The molecule has 1 aliphatic carbocycles. The molecule has 8 heteroatoms. The molecule has 0 radical (unpaired) electrons. The van der Waals surface area contributed by atoms with Crippen LogP contribution in [0.4, 0.5) is 4.39 Å². The first kappa shape index (κ1) is 20.6. The number of ether oxygens (including phenoxy) is 1. The molecule has 2 atom stereocenters. The molecule has 2 aromatic rings. The maximum Gasteiger partial charge on any atom is 0.277 e. The number of halogens is 1. The molecular weight excluding hydrogens is 381 g/mol. The third-order valence-electron chi connectivity index (χ3n) is 4.99. The average Bonchev–Trinajstić information content (AvgIpc) is 3.18. The molecule has 0 aliphatic heterocycles. The number of thioether (sulfide) groups is 1. The topological polar surface area (TPSA) is 68.5 Å². The molecule has 1 aromatic carbocycles. The van der Waals surface area contributed by atoms with Crippen LogP contribution in [0.1, 0.15) is 57.9 Å². The summed E-state index contributed by atoms with van der Waals surface area (Å²) in [5, 5.41) is 8.06. The Morgan fingerprint density at radius 2 is 1.89 bits per heavy atom. The Morgan fingerprint density at radius 1 is 1.21 bits per heavy atom. The molecule has 28 heavy (non-hydrogen) atoms. The van der Waals surface area contributed by atoms with Gasteiger partial charge in [0.25, 0.3) is 11.1 Å². The summed E-state index contributed by atoms with van der Waals surface area (Å²) in [5.74, 6) is 0.576. The second-order valence-corrected chi connectivity index (χ2v) is 8.41. The van der Waals surface area contributed by atoms with E-state index in [1.165, 1.54) is 43.2 Å². The standard InChI is InChI=1S/C20H26FN3O3S/c1-13(26-17-11-9-15(21)10-12-17)18-22-23-20(27-18)28-14(2)19(25)24(3)16-7-5-4-6-8-16/h9-14,16H,4-8H2,1-3H3/t13-,14-/m0/s1. The van der Waals surface area contributed by atoms with E-state index in [0.717, 1.165) is 12.8 Å². The number of carbonyl (C=O) groups is 1. The predicted molar refractivity (Wildman–Crippen MR) is 105 cm³/mol. The van der Waals surface area contributed by atoms with Crippen molar-refractivity contribution in [3.63, 3.8) is 0 Å². The highest BCUT2D eigenvalue weighted by atomic mass is 32.2.